The van der Waals surface area contributed by atoms with Crippen LogP contribution in [0.25, 0.3) is 0 Å². The van der Waals surface area contributed by atoms with Crippen LogP contribution in [0.4, 0.5) is 95.6 Å². The molecule has 0 saturated carbocycles. The van der Waals surface area contributed by atoms with Gasteiger partial charge >= 0.3 is 59.8 Å². The Hall–Kier alpha value is -3.43. The maximum Gasteiger partial charge on any atom is 0.460 e. The molecule has 1 rings (SSSR count). The summed E-state index contributed by atoms with van der Waals surface area (Å²) in [7, 11) is 0.966. The van der Waals surface area contributed by atoms with Gasteiger partial charge in [0.05, 0.1) is 20.1 Å². The van der Waals surface area contributed by atoms with Gasteiger partial charge in [0, 0.05) is 11.4 Å². The van der Waals surface area contributed by atoms with E-state index >= 15 is 0 Å². The second-order valence-electron chi connectivity index (χ2n) is 8.31. The van der Waals surface area contributed by atoms with Crippen molar-refractivity contribution < 1.29 is 93.7 Å². The average molecular weight is 670 g/mol. The van der Waals surface area contributed by atoms with Crippen molar-refractivity contribution in [2.75, 3.05) is 24.4 Å². The summed E-state index contributed by atoms with van der Waals surface area (Å²) in [6.07, 6.45) is -13.6. The maximum absolute atomic E-state index is 13.9. The molecule has 248 valence electrons. The number of halogens is 17. The Kier molecular flexibility index (Phi) is 10.1. The molecule has 0 aliphatic rings. The van der Waals surface area contributed by atoms with Crippen LogP contribution in [0.15, 0.2) is 18.2 Å². The Balaban J connectivity index is 3.16. The van der Waals surface area contributed by atoms with Gasteiger partial charge in [0.25, 0.3) is 0 Å². The topological polar surface area (TPSA) is 76.7 Å². The van der Waals surface area contributed by atoms with Crippen molar-refractivity contribution in [2.24, 2.45) is 0 Å². The molecule has 0 aliphatic carbocycles. The molecule has 23 heteroatoms. The highest BCUT2D eigenvalue weighted by molar-refractivity contribution is 5.89. The van der Waals surface area contributed by atoms with Crippen LogP contribution in [0.1, 0.15) is 12.0 Å². The zero-order chi connectivity index (χ0) is 34.3. The van der Waals surface area contributed by atoms with E-state index in [-0.39, 0.29) is 11.4 Å². The van der Waals surface area contributed by atoms with Gasteiger partial charge in [0.15, 0.2) is 0 Å². The van der Waals surface area contributed by atoms with Crippen LogP contribution in [0.5, 0.6) is 0 Å². The van der Waals surface area contributed by atoms with Crippen LogP contribution >= 0.6 is 0 Å². The van der Waals surface area contributed by atoms with Crippen molar-refractivity contribution in [1.82, 2.24) is 0 Å². The van der Waals surface area contributed by atoms with Gasteiger partial charge in [-0.3, -0.25) is 10.6 Å². The molecule has 1 aromatic carbocycles. The molecule has 0 saturated heterocycles. The Morgan fingerprint density at radius 2 is 1.09 bits per heavy atom. The average Bonchev–Trinajstić information content (AvgIpc) is 2.84. The van der Waals surface area contributed by atoms with Gasteiger partial charge in [0.1, 0.15) is 0 Å². The number of anilines is 2. The van der Waals surface area contributed by atoms with Crippen LogP contribution in [-0.2, 0) is 9.47 Å². The summed E-state index contributed by atoms with van der Waals surface area (Å²) in [5.41, 5.74) is -0.00664. The number of amides is 2. The summed E-state index contributed by atoms with van der Waals surface area (Å²) in [5.74, 6) is -57.3. The molecule has 0 spiro atoms. The van der Waals surface area contributed by atoms with Gasteiger partial charge in [-0.1, -0.05) is 6.07 Å². The van der Waals surface area contributed by atoms with E-state index in [0.717, 1.165) is 19.2 Å². The van der Waals surface area contributed by atoms with E-state index in [1.165, 1.54) is 13.0 Å². The maximum atomic E-state index is 13.9. The van der Waals surface area contributed by atoms with Crippen molar-refractivity contribution in [2.45, 2.75) is 61.0 Å². The molecule has 2 N–H and O–H groups in total. The number of methoxy groups -OCH3 is 1. The summed E-state index contributed by atoms with van der Waals surface area (Å²) in [6, 6.07) is 3.28. The number of hydrogen-bond acceptors (Lipinski definition) is 4. The number of hydrogen-bond donors (Lipinski definition) is 2. The fraction of sp³-hybridized carbons (Fsp3) is 0.600. The molecule has 0 unspecified atom stereocenters. The van der Waals surface area contributed by atoms with Gasteiger partial charge in [-0.15, -0.1) is 0 Å². The van der Waals surface area contributed by atoms with Crippen LogP contribution < -0.4 is 10.6 Å². The third kappa shape index (κ3) is 6.43. The molecular weight excluding hydrogens is 655 g/mol. The molecule has 0 radical (unpaired) electrons. The van der Waals surface area contributed by atoms with Gasteiger partial charge in [-0.05, 0) is 24.6 Å². The monoisotopic (exact) mass is 670 g/mol. The van der Waals surface area contributed by atoms with E-state index in [4.69, 9.17) is 0 Å². The highest BCUT2D eigenvalue weighted by atomic mass is 19.4. The van der Waals surface area contributed by atoms with E-state index in [9.17, 15) is 84.2 Å². The van der Waals surface area contributed by atoms with Crippen LogP contribution in [0.2, 0.25) is 0 Å². The Morgan fingerprint density at radius 1 is 0.651 bits per heavy atom. The van der Waals surface area contributed by atoms with Gasteiger partial charge in [0.2, 0.25) is 0 Å². The Labute approximate surface area is 227 Å². The van der Waals surface area contributed by atoms with Crippen molar-refractivity contribution in [3.63, 3.8) is 0 Å². The van der Waals surface area contributed by atoms with Crippen molar-refractivity contribution in [3.8, 4) is 0 Å². The number of carbonyl (C=O) groups excluding carboxylic acids is 2. The number of carbonyl (C=O) groups is 2. The first-order valence-corrected chi connectivity index (χ1v) is 10.6. The quantitative estimate of drug-likeness (QED) is 0.233. The summed E-state index contributed by atoms with van der Waals surface area (Å²) < 4.78 is 234. The summed E-state index contributed by atoms with van der Waals surface area (Å²) in [4.78, 5) is 23.0. The lowest BCUT2D eigenvalue weighted by molar-refractivity contribution is -0.461. The van der Waals surface area contributed by atoms with E-state index < -0.39 is 72.8 Å². The molecule has 0 bridgehead atoms. The molecule has 6 nitrogen and oxygen atoms in total. The second kappa shape index (κ2) is 11.6. The summed E-state index contributed by atoms with van der Waals surface area (Å²) >= 11 is 0. The third-order valence-electron chi connectivity index (χ3n) is 5.34. The van der Waals surface area contributed by atoms with Crippen molar-refractivity contribution in [3.05, 3.63) is 23.8 Å². The third-order valence-corrected chi connectivity index (χ3v) is 5.34. The molecule has 43 heavy (non-hydrogen) atoms. The van der Waals surface area contributed by atoms with Crippen molar-refractivity contribution in [1.29, 1.82) is 0 Å². The molecule has 1 aromatic rings. The minimum atomic E-state index is -8.73. The first-order valence-electron chi connectivity index (χ1n) is 10.6. The Bertz CT molecular complexity index is 1180. The van der Waals surface area contributed by atoms with E-state index in [1.54, 1.807) is 5.32 Å². The van der Waals surface area contributed by atoms with E-state index in [1.807, 2.05) is 0 Å². The summed E-state index contributed by atoms with van der Waals surface area (Å²) in [6.45, 7) is -0.693. The number of aryl methyl sites for hydroxylation is 1. The Morgan fingerprint density at radius 3 is 1.53 bits per heavy atom. The van der Waals surface area contributed by atoms with E-state index in [2.05, 4.69) is 14.8 Å². The first kappa shape index (κ1) is 37.6. The van der Waals surface area contributed by atoms with Gasteiger partial charge in [-0.2, -0.15) is 74.6 Å². The van der Waals surface area contributed by atoms with Crippen LogP contribution in [-0.4, -0.2) is 73.5 Å². The largest absolute Gasteiger partial charge is 0.460 e. The SMILES string of the molecule is COC(=O)Nc1cc(NC(=O)OCCC(F)(F)C(F)(F)C(F)(F)C(F)(F)C(F)(F)C(F)(F)C(F)(F)C(F)(F)F)ccc1C. The van der Waals surface area contributed by atoms with Gasteiger partial charge < -0.3 is 9.47 Å². The lowest BCUT2D eigenvalue weighted by atomic mass is 9.88. The molecular formula is C20H15F17N2O4. The molecule has 0 aromatic heterocycles. The predicted molar refractivity (Wildman–Crippen MR) is 107 cm³/mol. The lowest BCUT2D eigenvalue weighted by Crippen LogP contribution is -2.74. The predicted octanol–water partition coefficient (Wildman–Crippen LogP) is 8.12. The normalized spacial score (nSPS) is 14.3. The number of rotatable bonds is 11. The number of benzene rings is 1. The minimum Gasteiger partial charge on any atom is -0.453 e. The molecule has 0 aliphatic heterocycles. The standard InChI is InChI=1S/C20H15F17N2O4/c1-8-3-4-9(7-10(8)39-11(40)42-2)38-12(41)43-6-5-13(21,22)14(23,24)15(25,26)16(27,28)17(29,30)18(31,32)19(33,34)20(35,36)37/h3-4,7H,5-6H2,1-2H3,(H,38,41)(H,39,40). The number of alkyl halides is 17. The van der Waals surface area contributed by atoms with Crippen LogP contribution in [0.3, 0.4) is 0 Å². The smallest absolute Gasteiger partial charge is 0.453 e. The molecule has 2 amide bonds. The fourth-order valence-electron chi connectivity index (χ4n) is 2.77. The number of nitrogens with one attached hydrogen (secondary N) is 2. The second-order valence-corrected chi connectivity index (χ2v) is 8.31. The highest BCUT2D eigenvalue weighted by Crippen LogP contribution is 2.64. The summed E-state index contributed by atoms with van der Waals surface area (Å²) in [5, 5.41) is 3.89. The highest BCUT2D eigenvalue weighted by Gasteiger charge is 2.95. The fourth-order valence-corrected chi connectivity index (χ4v) is 2.77. The zero-order valence-electron chi connectivity index (χ0n) is 20.7. The molecule has 0 atom stereocenters. The number of ether oxygens (including phenoxy) is 2. The first-order chi connectivity index (χ1) is 19.0. The van der Waals surface area contributed by atoms with Crippen molar-refractivity contribution >= 4 is 23.6 Å². The minimum absolute atomic E-state index is 0.0330. The lowest BCUT2D eigenvalue weighted by Gasteiger charge is -2.42. The van der Waals surface area contributed by atoms with E-state index in [0.29, 0.717) is 5.56 Å². The van der Waals surface area contributed by atoms with Gasteiger partial charge in [-0.25, -0.2) is 9.59 Å². The molecule has 0 heterocycles. The molecule has 0 fully saturated rings. The zero-order valence-corrected chi connectivity index (χ0v) is 20.7. The van der Waals surface area contributed by atoms with Crippen LogP contribution in [0, 0.1) is 6.92 Å².